The Hall–Kier alpha value is -5.39. The number of aliphatic carboxylic acids is 1. The topological polar surface area (TPSA) is 330 Å². The lowest BCUT2D eigenvalue weighted by Crippen LogP contribution is -2.45. The number of benzene rings is 3. The average Bonchev–Trinajstić information content (AvgIpc) is 0.780. The minimum Gasteiger partial charge on any atom is -0.480 e. The van der Waals surface area contributed by atoms with E-state index in [0.717, 1.165) is 34.9 Å². The monoisotopic (exact) mass is 1620 g/mol. The summed E-state index contributed by atoms with van der Waals surface area (Å²) in [6.07, 6.45) is 16.2. The molecule has 3 aromatic carbocycles. The van der Waals surface area contributed by atoms with E-state index in [2.05, 4.69) is 31.4 Å². The fraction of sp³-hybridized carbons (Fsp3) is 0.705. The molecule has 2 amide bonds. The Morgan fingerprint density at radius 1 is 0.423 bits per heavy atom. The molecular weight excluding hydrogens is 1480 g/mol. The Kier molecular flexibility index (Phi) is 54.6. The van der Waals surface area contributed by atoms with E-state index >= 15 is 0 Å². The van der Waals surface area contributed by atoms with Crippen LogP contribution in [0.2, 0.25) is 0 Å². The molecule has 2 fully saturated rings. The quantitative estimate of drug-likeness (QED) is 0.0275. The largest absolute Gasteiger partial charge is 0.480 e. The maximum absolute atomic E-state index is 13.2. The number of carboxylic acids is 1. The molecule has 111 heavy (non-hydrogen) atoms. The third kappa shape index (κ3) is 54.9. The molecule has 20 nitrogen and oxygen atoms in total. The van der Waals surface area contributed by atoms with E-state index in [0.29, 0.717) is 32.1 Å². The number of aliphatic hydroxyl groups excluding tert-OH is 3. The number of ether oxygens (including phenoxy) is 4. The summed E-state index contributed by atoms with van der Waals surface area (Å²) in [5.41, 5.74) is 13.1. The number of Topliss-reactive ketones (excluding diaryl/α,β-unsaturated/α-hetero) is 5. The number of ketones is 5. The second-order valence-electron chi connectivity index (χ2n) is 36.8. The molecule has 5 unspecified atom stereocenters. The first-order valence-electron chi connectivity index (χ1n) is 39.5. The standard InChI is InChI=1S/C26H41NO6.C24H39NO3.C15H23NO2.C13H24.C10H19NO5.3ClH/c1-25(2,3)17-22(29)23(30)19(15-18-11-9-8-10-12-18)16-21(28)20(13-14-32-7)27-24(31)33-26(4,5)6;1-23(2,3)13-12-19(25)20(26)15-18(14-17-10-8-7-9-11-17)22(28)21(27)16-24(4,5)6;1-15(2,3)10-13(17)14(18)12(16)9-11-7-5-4-6-8-11;1-3-7-12(8-4-1)11-13-9-5-2-6-10-13;1-10(2,3)16-9(14)11-7(8(12)13)5-6-15-4;;;/h8-12,19-20,23,30H,13-17H2,1-7H3,(H,27,31);7-11,18-19,22,28H,12-16,25H2,1-6H3;4-8,12,14,18H,9-10,16H2,1-3H3;12-13H,1-11H2;7H,5-6H2,1-4H3,(H,11,14)(H,12,13);3*1H/t19?,20-,23?;18?,19-,22?;12-,14?;;7-;;;/m000.0.../s1. The van der Waals surface area contributed by atoms with Gasteiger partial charge < -0.3 is 61.5 Å². The van der Waals surface area contributed by atoms with Gasteiger partial charge in [-0.05, 0) is 137 Å². The van der Waals surface area contributed by atoms with Crippen molar-refractivity contribution in [2.45, 2.75) is 326 Å². The molecule has 0 saturated heterocycles. The number of nitrogens with one attached hydrogen (secondary N) is 2. The number of halogens is 3. The Morgan fingerprint density at radius 3 is 1.05 bits per heavy atom. The molecule has 2 aliphatic rings. The number of carbonyl (C=O) groups excluding carboxylic acids is 7. The Balaban J connectivity index is -0.00000136. The number of alkyl carbamates (subject to hydrolysis) is 2. The number of hydrogen-bond acceptors (Lipinski definition) is 17. The van der Waals surface area contributed by atoms with E-state index in [1.807, 2.05) is 153 Å². The van der Waals surface area contributed by atoms with Gasteiger partial charge in [0, 0.05) is 83.8 Å². The summed E-state index contributed by atoms with van der Waals surface area (Å²) < 4.78 is 20.1. The highest BCUT2D eigenvalue weighted by molar-refractivity contribution is 5.90. The molecule has 0 spiro atoms. The second-order valence-corrected chi connectivity index (χ2v) is 36.8. The van der Waals surface area contributed by atoms with Crippen molar-refractivity contribution in [1.29, 1.82) is 0 Å². The van der Waals surface area contributed by atoms with Crippen molar-refractivity contribution in [3.63, 3.8) is 0 Å². The molecule has 3 aromatic rings. The highest BCUT2D eigenvalue weighted by Gasteiger charge is 2.36. The lowest BCUT2D eigenvalue weighted by Gasteiger charge is -2.28. The van der Waals surface area contributed by atoms with Crippen LogP contribution in [0, 0.1) is 45.3 Å². The van der Waals surface area contributed by atoms with E-state index < -0.39 is 83.7 Å². The van der Waals surface area contributed by atoms with Crippen molar-refractivity contribution >= 4 is 84.3 Å². The van der Waals surface area contributed by atoms with Crippen molar-refractivity contribution in [2.24, 2.45) is 56.8 Å². The molecule has 10 N–H and O–H groups in total. The van der Waals surface area contributed by atoms with Gasteiger partial charge in [-0.15, -0.1) is 37.2 Å². The normalized spacial score (nSPS) is 15.9. The molecule has 0 radical (unpaired) electrons. The van der Waals surface area contributed by atoms with Crippen LogP contribution in [0.4, 0.5) is 9.59 Å². The van der Waals surface area contributed by atoms with Crippen LogP contribution in [0.15, 0.2) is 91.0 Å². The molecule has 23 heteroatoms. The van der Waals surface area contributed by atoms with Crippen LogP contribution in [0.25, 0.3) is 0 Å². The summed E-state index contributed by atoms with van der Waals surface area (Å²) in [7, 11) is 2.98. The van der Waals surface area contributed by atoms with E-state index in [4.69, 9.17) is 35.5 Å². The van der Waals surface area contributed by atoms with Crippen molar-refractivity contribution in [3.8, 4) is 0 Å². The zero-order valence-corrected chi connectivity index (χ0v) is 73.7. The smallest absolute Gasteiger partial charge is 0.408 e. The van der Waals surface area contributed by atoms with Gasteiger partial charge in [-0.3, -0.25) is 24.0 Å². The number of carbonyl (C=O) groups is 8. The van der Waals surface area contributed by atoms with Crippen LogP contribution in [0.3, 0.4) is 0 Å². The average molecular weight is 1630 g/mol. The van der Waals surface area contributed by atoms with Gasteiger partial charge >= 0.3 is 18.2 Å². The maximum Gasteiger partial charge on any atom is 0.408 e. The number of carboxylic acid groups (broad SMARTS) is 1. The fourth-order valence-electron chi connectivity index (χ4n) is 12.9. The van der Waals surface area contributed by atoms with Gasteiger partial charge in [0.15, 0.2) is 23.1 Å². The van der Waals surface area contributed by atoms with Gasteiger partial charge in [0.25, 0.3) is 0 Å². The lowest BCUT2D eigenvalue weighted by atomic mass is 9.78. The van der Waals surface area contributed by atoms with Gasteiger partial charge in [-0.1, -0.05) is 238 Å². The van der Waals surface area contributed by atoms with E-state index in [1.165, 1.54) is 52.7 Å². The van der Waals surface area contributed by atoms with Gasteiger partial charge in [0.2, 0.25) is 0 Å². The van der Waals surface area contributed by atoms with Crippen LogP contribution in [-0.4, -0.2) is 149 Å². The zero-order chi connectivity index (χ0) is 82.2. The first-order chi connectivity index (χ1) is 50.0. The molecule has 5 rings (SSSR count). The summed E-state index contributed by atoms with van der Waals surface area (Å²) in [6.45, 7) is 34.9. The van der Waals surface area contributed by atoms with Crippen molar-refractivity contribution in [3.05, 3.63) is 108 Å². The predicted molar refractivity (Wildman–Crippen MR) is 453 cm³/mol. The third-order valence-corrected chi connectivity index (χ3v) is 18.3. The highest BCUT2D eigenvalue weighted by atomic mass is 35.5. The summed E-state index contributed by atoms with van der Waals surface area (Å²) in [5.74, 6) is -0.947. The fourth-order valence-corrected chi connectivity index (χ4v) is 12.9. The molecule has 0 aromatic heterocycles. The van der Waals surface area contributed by atoms with Gasteiger partial charge in [-0.2, -0.15) is 0 Å². The molecular formula is C88H149Cl3N4O16. The second kappa shape index (κ2) is 55.2. The van der Waals surface area contributed by atoms with E-state index in [9.17, 15) is 53.7 Å². The summed E-state index contributed by atoms with van der Waals surface area (Å²) in [5, 5.41) is 45.3. The first kappa shape index (κ1) is 110. The van der Waals surface area contributed by atoms with Crippen molar-refractivity contribution in [1.82, 2.24) is 10.6 Å². The van der Waals surface area contributed by atoms with Gasteiger partial charge in [-0.25, -0.2) is 14.4 Å². The predicted octanol–water partition coefficient (Wildman–Crippen LogP) is 17.2. The van der Waals surface area contributed by atoms with Crippen LogP contribution in [0.5, 0.6) is 0 Å². The van der Waals surface area contributed by atoms with Crippen LogP contribution >= 0.6 is 37.2 Å². The number of hydrogen-bond donors (Lipinski definition) is 8. The SMILES string of the molecule is C1CCC(CC2CCCCC2)CC1.CC(C)(C)CC(=O)C(O)[C@@H](N)Cc1ccccc1.CC(C)(C)CC[C@H](N)C(=O)CC(Cc1ccccc1)C(O)C(=O)CC(C)(C)C.COCC[C@H](NC(=O)OC(C)(C)C)C(=O)CC(Cc1ccccc1)C(O)C(=O)CC(C)(C)C.COCC[C@H](NC(=O)OC(C)(C)C)C(=O)O.Cl.Cl.Cl. The molecule has 9 atom stereocenters. The molecule has 0 aliphatic heterocycles. The number of amides is 2. The minimum atomic E-state index is -1.28. The Bertz CT molecular complexity index is 3040. The molecule has 638 valence electrons. The maximum atomic E-state index is 13.2. The Labute approximate surface area is 686 Å². The van der Waals surface area contributed by atoms with Crippen LogP contribution in [-0.2, 0) is 67.0 Å². The zero-order valence-electron chi connectivity index (χ0n) is 71.3. The van der Waals surface area contributed by atoms with E-state index in [1.54, 1.807) is 73.6 Å². The highest BCUT2D eigenvalue weighted by Crippen LogP contribution is 2.36. The molecule has 0 heterocycles. The summed E-state index contributed by atoms with van der Waals surface area (Å²) in [4.78, 5) is 97.5. The van der Waals surface area contributed by atoms with Crippen molar-refractivity contribution < 1.29 is 77.7 Å². The number of nitrogens with two attached hydrogens (primary N) is 2. The Morgan fingerprint density at radius 2 is 0.739 bits per heavy atom. The van der Waals surface area contributed by atoms with Crippen LogP contribution < -0.4 is 22.1 Å². The number of aliphatic hydroxyl groups is 3. The lowest BCUT2D eigenvalue weighted by molar-refractivity contribution is -0.140. The summed E-state index contributed by atoms with van der Waals surface area (Å²) >= 11 is 0. The molecule has 0 bridgehead atoms. The van der Waals surface area contributed by atoms with Crippen molar-refractivity contribution in [2.75, 3.05) is 27.4 Å². The first-order valence-corrected chi connectivity index (χ1v) is 39.5. The van der Waals surface area contributed by atoms with Gasteiger partial charge in [0.1, 0.15) is 41.3 Å². The summed E-state index contributed by atoms with van der Waals surface area (Å²) in [6, 6.07) is 25.9. The number of methoxy groups -OCH3 is 2. The minimum absolute atomic E-state index is 0. The van der Waals surface area contributed by atoms with Gasteiger partial charge in [0.05, 0.1) is 12.1 Å². The molecule has 2 saturated carbocycles. The molecule has 2 aliphatic carbocycles. The van der Waals surface area contributed by atoms with Crippen LogP contribution in [0.1, 0.15) is 270 Å². The third-order valence-electron chi connectivity index (χ3n) is 18.3. The number of rotatable bonds is 34. The van der Waals surface area contributed by atoms with E-state index in [-0.39, 0.29) is 140 Å².